The average molecular weight is 330 g/mol. The molecule has 0 atom stereocenters. The Kier molecular flexibility index (Phi) is 2.04. The number of rotatable bonds is 0. The maximum absolute atomic E-state index is 11.8. The van der Waals surface area contributed by atoms with Gasteiger partial charge in [0.1, 0.15) is 5.58 Å². The summed E-state index contributed by atoms with van der Waals surface area (Å²) < 4.78 is 7.22. The van der Waals surface area contributed by atoms with Crippen molar-refractivity contribution in [3.8, 4) is 0 Å². The summed E-state index contributed by atoms with van der Waals surface area (Å²) in [7, 11) is 0. The number of furan rings is 1. The number of fused-ring (bicyclic) bond motifs is 3. The van der Waals surface area contributed by atoms with Crippen LogP contribution in [0, 0.1) is 0 Å². The zero-order chi connectivity index (χ0) is 10.6. The second kappa shape index (κ2) is 3.19. The molecule has 2 nitrogen and oxygen atoms in total. The van der Waals surface area contributed by atoms with Crippen molar-refractivity contribution in [3.63, 3.8) is 0 Å². The number of benzene rings is 1. The Bertz CT molecular complexity index is 584. The van der Waals surface area contributed by atoms with Crippen LogP contribution in [0.15, 0.2) is 25.7 Å². The van der Waals surface area contributed by atoms with Crippen LogP contribution in [0.25, 0.3) is 11.0 Å². The molecule has 1 aromatic heterocycles. The molecule has 1 aliphatic rings. The van der Waals surface area contributed by atoms with E-state index in [0.29, 0.717) is 6.42 Å². The van der Waals surface area contributed by atoms with E-state index in [-0.39, 0.29) is 5.78 Å². The largest absolute Gasteiger partial charge is 0.463 e. The molecule has 15 heavy (non-hydrogen) atoms. The van der Waals surface area contributed by atoms with Crippen LogP contribution >= 0.6 is 31.9 Å². The number of halogens is 2. The molecule has 0 aliphatic heterocycles. The molecule has 0 spiro atoms. The van der Waals surface area contributed by atoms with Gasteiger partial charge in [-0.25, -0.2) is 0 Å². The second-order valence-electron chi connectivity index (χ2n) is 3.57. The molecule has 0 radical (unpaired) electrons. The van der Waals surface area contributed by atoms with Crippen LogP contribution in [0.1, 0.15) is 22.3 Å². The Morgan fingerprint density at radius 2 is 2.00 bits per heavy atom. The Hall–Kier alpha value is -0.610. The van der Waals surface area contributed by atoms with Crippen LogP contribution in [0.3, 0.4) is 0 Å². The molecule has 0 N–H and O–H groups in total. The minimum Gasteiger partial charge on any atom is -0.463 e. The second-order valence-corrected chi connectivity index (χ2v) is 5.15. The monoisotopic (exact) mass is 328 g/mol. The summed E-state index contributed by atoms with van der Waals surface area (Å²) in [4.78, 5) is 11.8. The topological polar surface area (TPSA) is 30.2 Å². The van der Waals surface area contributed by atoms with Crippen molar-refractivity contribution < 1.29 is 9.21 Å². The van der Waals surface area contributed by atoms with Gasteiger partial charge < -0.3 is 4.42 Å². The predicted molar refractivity (Wildman–Crippen MR) is 64.3 cm³/mol. The minimum atomic E-state index is 0.213. The lowest BCUT2D eigenvalue weighted by Gasteiger charge is -2.05. The SMILES string of the molecule is O=C1CCc2c(Br)c(Br)c3occc3c21. The molecule has 0 saturated heterocycles. The maximum atomic E-state index is 11.8. The van der Waals surface area contributed by atoms with Crippen molar-refractivity contribution in [3.05, 3.63) is 32.4 Å². The van der Waals surface area contributed by atoms with Gasteiger partial charge in [0.15, 0.2) is 5.78 Å². The Morgan fingerprint density at radius 3 is 2.80 bits per heavy atom. The molecule has 0 fully saturated rings. The maximum Gasteiger partial charge on any atom is 0.164 e. The molecular formula is C11H6Br2O2. The molecule has 2 aromatic rings. The van der Waals surface area contributed by atoms with E-state index in [0.717, 1.165) is 37.5 Å². The highest BCUT2D eigenvalue weighted by Crippen LogP contribution is 2.42. The van der Waals surface area contributed by atoms with Crippen LogP contribution in [-0.2, 0) is 6.42 Å². The van der Waals surface area contributed by atoms with E-state index in [2.05, 4.69) is 31.9 Å². The molecule has 1 aliphatic carbocycles. The van der Waals surface area contributed by atoms with E-state index >= 15 is 0 Å². The van der Waals surface area contributed by atoms with Gasteiger partial charge in [0.05, 0.1) is 10.7 Å². The Balaban J connectivity index is 2.56. The first-order valence-corrected chi connectivity index (χ1v) is 6.19. The van der Waals surface area contributed by atoms with Gasteiger partial charge in [0.2, 0.25) is 0 Å². The van der Waals surface area contributed by atoms with Gasteiger partial charge in [-0.05, 0) is 49.9 Å². The van der Waals surface area contributed by atoms with Crippen molar-refractivity contribution in [2.24, 2.45) is 0 Å². The Morgan fingerprint density at radius 1 is 1.20 bits per heavy atom. The fourth-order valence-electron chi connectivity index (χ4n) is 2.10. The summed E-state index contributed by atoms with van der Waals surface area (Å²) in [6, 6.07) is 1.86. The number of carbonyl (C=O) groups excluding carboxylic acids is 1. The molecule has 0 unspecified atom stereocenters. The van der Waals surface area contributed by atoms with E-state index in [4.69, 9.17) is 4.42 Å². The number of hydrogen-bond donors (Lipinski definition) is 0. The predicted octanol–water partition coefficient (Wildman–Crippen LogP) is 4.09. The number of Topliss-reactive ketones (excluding diaryl/α,β-unsaturated/α-hetero) is 1. The van der Waals surface area contributed by atoms with Crippen molar-refractivity contribution >= 4 is 48.6 Å². The third-order valence-corrected chi connectivity index (χ3v) is 4.94. The van der Waals surface area contributed by atoms with Gasteiger partial charge in [0.25, 0.3) is 0 Å². The lowest BCUT2D eigenvalue weighted by atomic mass is 10.1. The highest BCUT2D eigenvalue weighted by atomic mass is 79.9. The fraction of sp³-hybridized carbons (Fsp3) is 0.182. The van der Waals surface area contributed by atoms with E-state index in [1.165, 1.54) is 0 Å². The smallest absolute Gasteiger partial charge is 0.164 e. The van der Waals surface area contributed by atoms with Crippen LogP contribution in [0.4, 0.5) is 0 Å². The van der Waals surface area contributed by atoms with Gasteiger partial charge in [-0.3, -0.25) is 4.79 Å². The average Bonchev–Trinajstić information content (AvgIpc) is 2.80. The lowest BCUT2D eigenvalue weighted by Crippen LogP contribution is -1.93. The third kappa shape index (κ3) is 1.18. The van der Waals surface area contributed by atoms with Gasteiger partial charge in [-0.2, -0.15) is 0 Å². The third-order valence-electron chi connectivity index (χ3n) is 2.77. The molecule has 1 aromatic carbocycles. The summed E-state index contributed by atoms with van der Waals surface area (Å²) in [6.45, 7) is 0. The first kappa shape index (κ1) is 9.60. The molecule has 0 bridgehead atoms. The highest BCUT2D eigenvalue weighted by molar-refractivity contribution is 9.13. The van der Waals surface area contributed by atoms with Crippen LogP contribution in [0.2, 0.25) is 0 Å². The van der Waals surface area contributed by atoms with Crippen molar-refractivity contribution in [2.45, 2.75) is 12.8 Å². The van der Waals surface area contributed by atoms with Gasteiger partial charge in [-0.1, -0.05) is 0 Å². The van der Waals surface area contributed by atoms with Crippen LogP contribution < -0.4 is 0 Å². The van der Waals surface area contributed by atoms with Crippen LogP contribution in [-0.4, -0.2) is 5.78 Å². The standard InChI is InChI=1S/C11H6Br2O2/c12-9-5-1-2-7(14)8(5)6-3-4-15-11(6)10(9)13/h3-4H,1-2H2. The molecule has 0 saturated carbocycles. The van der Waals surface area contributed by atoms with Gasteiger partial charge in [0, 0.05) is 21.8 Å². The first-order valence-electron chi connectivity index (χ1n) is 4.60. The fourth-order valence-corrected chi connectivity index (χ4v) is 3.22. The number of ketones is 1. The van der Waals surface area contributed by atoms with E-state index in [1.54, 1.807) is 6.26 Å². The summed E-state index contributed by atoms with van der Waals surface area (Å²) in [6.07, 6.45) is 3.03. The molecule has 3 rings (SSSR count). The molecule has 4 heteroatoms. The van der Waals surface area contributed by atoms with E-state index < -0.39 is 0 Å². The minimum absolute atomic E-state index is 0.213. The summed E-state index contributed by atoms with van der Waals surface area (Å²) in [5.74, 6) is 0.213. The quantitative estimate of drug-likeness (QED) is 0.728. The summed E-state index contributed by atoms with van der Waals surface area (Å²) >= 11 is 6.99. The number of carbonyl (C=O) groups is 1. The van der Waals surface area contributed by atoms with Crippen molar-refractivity contribution in [2.75, 3.05) is 0 Å². The van der Waals surface area contributed by atoms with E-state index in [1.807, 2.05) is 6.07 Å². The normalized spacial score (nSPS) is 14.9. The van der Waals surface area contributed by atoms with Crippen molar-refractivity contribution in [1.82, 2.24) is 0 Å². The van der Waals surface area contributed by atoms with Crippen molar-refractivity contribution in [1.29, 1.82) is 0 Å². The lowest BCUT2D eigenvalue weighted by molar-refractivity contribution is 0.0996. The van der Waals surface area contributed by atoms with Crippen LogP contribution in [0.5, 0.6) is 0 Å². The molecular weight excluding hydrogens is 324 g/mol. The molecule has 1 heterocycles. The zero-order valence-electron chi connectivity index (χ0n) is 7.64. The number of hydrogen-bond acceptors (Lipinski definition) is 2. The molecule has 0 amide bonds. The van der Waals surface area contributed by atoms with Gasteiger partial charge >= 0.3 is 0 Å². The molecule has 76 valence electrons. The van der Waals surface area contributed by atoms with Gasteiger partial charge in [-0.15, -0.1) is 0 Å². The first-order chi connectivity index (χ1) is 7.20. The summed E-state index contributed by atoms with van der Waals surface area (Å²) in [5.41, 5.74) is 2.67. The summed E-state index contributed by atoms with van der Waals surface area (Å²) in [5, 5.41) is 0.919. The Labute approximate surface area is 103 Å². The van der Waals surface area contributed by atoms with E-state index in [9.17, 15) is 4.79 Å². The highest BCUT2D eigenvalue weighted by Gasteiger charge is 2.27. The zero-order valence-corrected chi connectivity index (χ0v) is 10.8.